The van der Waals surface area contributed by atoms with Crippen molar-refractivity contribution in [2.45, 2.75) is 40.5 Å². The van der Waals surface area contributed by atoms with Gasteiger partial charge in [-0.25, -0.2) is 0 Å². The summed E-state index contributed by atoms with van der Waals surface area (Å²) in [5.74, 6) is -2.19. The lowest BCUT2D eigenvalue weighted by molar-refractivity contribution is -0.319. The number of carbonyl (C=O) groups excluding carboxylic acids is 2. The molecular weight excluding hydrogens is 264 g/mol. The first kappa shape index (κ1) is 18.9. The fourth-order valence-electron chi connectivity index (χ4n) is 1.18. The van der Waals surface area contributed by atoms with Gasteiger partial charge in [-0.1, -0.05) is 27.7 Å². The maximum absolute atomic E-state index is 10.7. The van der Waals surface area contributed by atoms with Crippen LogP contribution >= 0.6 is 0 Å². The summed E-state index contributed by atoms with van der Waals surface area (Å²) < 4.78 is 10.5. The largest absolute Gasteiger partial charge is 0.550 e. The van der Waals surface area contributed by atoms with E-state index in [0.717, 1.165) is 0 Å². The van der Waals surface area contributed by atoms with E-state index in [0.29, 0.717) is 39.3 Å². The molecule has 0 bridgehead atoms. The number of hydrogen-bond donors (Lipinski definition) is 0. The number of rotatable bonds is 11. The monoisotopic (exact) mass is 288 g/mol. The third kappa shape index (κ3) is 7.45. The predicted octanol–water partition coefficient (Wildman–Crippen LogP) is -0.648. The van der Waals surface area contributed by atoms with Crippen molar-refractivity contribution in [2.75, 3.05) is 26.4 Å². The van der Waals surface area contributed by atoms with Gasteiger partial charge in [-0.15, -0.1) is 0 Å². The number of carbonyl (C=O) groups is 2. The van der Waals surface area contributed by atoms with E-state index in [1.165, 1.54) is 0 Å². The summed E-state index contributed by atoms with van der Waals surface area (Å²) in [5, 5.41) is 21.5. The smallest absolute Gasteiger partial charge is 0.0700 e. The lowest BCUT2D eigenvalue weighted by Crippen LogP contribution is -2.39. The summed E-state index contributed by atoms with van der Waals surface area (Å²) in [6.45, 7) is 7.66. The third-order valence-electron chi connectivity index (χ3n) is 3.22. The topological polar surface area (TPSA) is 98.7 Å². The highest BCUT2D eigenvalue weighted by Gasteiger charge is 2.19. The zero-order valence-corrected chi connectivity index (χ0v) is 12.7. The lowest BCUT2D eigenvalue weighted by atomic mass is 9.90. The highest BCUT2D eigenvalue weighted by molar-refractivity contribution is 5.71. The summed E-state index contributed by atoms with van der Waals surface area (Å²) in [6.07, 6.45) is 0.736. The first-order valence-corrected chi connectivity index (χ1v) is 6.68. The lowest BCUT2D eigenvalue weighted by Gasteiger charge is -2.26. The van der Waals surface area contributed by atoms with Crippen LogP contribution in [0.4, 0.5) is 0 Å². The molecule has 0 unspecified atom stereocenters. The molecule has 0 radical (unpaired) electrons. The van der Waals surface area contributed by atoms with E-state index in [2.05, 4.69) is 0 Å². The van der Waals surface area contributed by atoms with Gasteiger partial charge in [-0.05, 0) is 12.8 Å². The van der Waals surface area contributed by atoms with Gasteiger partial charge in [-0.3, -0.25) is 0 Å². The Labute approximate surface area is 120 Å². The van der Waals surface area contributed by atoms with Crippen LogP contribution in [0.15, 0.2) is 0 Å². The quantitative estimate of drug-likeness (QED) is 0.469. The second-order valence-corrected chi connectivity index (χ2v) is 6.07. The second kappa shape index (κ2) is 8.21. The van der Waals surface area contributed by atoms with Gasteiger partial charge in [0.15, 0.2) is 0 Å². The van der Waals surface area contributed by atoms with Gasteiger partial charge in [-0.2, -0.15) is 0 Å². The van der Waals surface area contributed by atoms with E-state index in [-0.39, 0.29) is 0 Å². The molecule has 6 heteroatoms. The molecule has 0 saturated carbocycles. The minimum atomic E-state index is -1.10. The first-order chi connectivity index (χ1) is 9.09. The average Bonchev–Trinajstić information content (AvgIpc) is 2.31. The highest BCUT2D eigenvalue weighted by Crippen LogP contribution is 2.19. The molecule has 0 atom stereocenters. The van der Waals surface area contributed by atoms with Gasteiger partial charge >= 0.3 is 0 Å². The summed E-state index contributed by atoms with van der Waals surface area (Å²) in [5.41, 5.74) is -1.81. The Balaban J connectivity index is 3.56. The Hall–Kier alpha value is -1.14. The average molecular weight is 288 g/mol. The number of carboxylic acids is 2. The van der Waals surface area contributed by atoms with Gasteiger partial charge in [0, 0.05) is 36.0 Å². The van der Waals surface area contributed by atoms with Crippen molar-refractivity contribution in [2.24, 2.45) is 10.8 Å². The maximum Gasteiger partial charge on any atom is 0.0700 e. The van der Waals surface area contributed by atoms with Crippen molar-refractivity contribution < 1.29 is 29.3 Å². The molecule has 0 aliphatic rings. The fraction of sp³-hybridized carbons (Fsp3) is 0.857. The van der Waals surface area contributed by atoms with Crippen LogP contribution in [0, 0.1) is 10.8 Å². The number of carboxylic acid groups (broad SMARTS) is 2. The molecule has 0 aromatic carbocycles. The minimum Gasteiger partial charge on any atom is -0.550 e. The number of ether oxygens (including phenoxy) is 2. The van der Waals surface area contributed by atoms with Crippen LogP contribution in [-0.4, -0.2) is 38.4 Å². The van der Waals surface area contributed by atoms with Crippen LogP contribution in [0.3, 0.4) is 0 Å². The van der Waals surface area contributed by atoms with Crippen molar-refractivity contribution in [1.29, 1.82) is 0 Å². The normalized spacial score (nSPS) is 12.4. The van der Waals surface area contributed by atoms with Crippen LogP contribution in [0.1, 0.15) is 40.5 Å². The van der Waals surface area contributed by atoms with Crippen LogP contribution < -0.4 is 10.2 Å². The first-order valence-electron chi connectivity index (χ1n) is 6.68. The fourth-order valence-corrected chi connectivity index (χ4v) is 1.18. The molecule has 20 heavy (non-hydrogen) atoms. The second-order valence-electron chi connectivity index (χ2n) is 6.07. The van der Waals surface area contributed by atoms with Crippen LogP contribution in [0.2, 0.25) is 0 Å². The summed E-state index contributed by atoms with van der Waals surface area (Å²) in [7, 11) is 0. The molecule has 118 valence electrons. The highest BCUT2D eigenvalue weighted by atomic mass is 16.5. The molecule has 0 spiro atoms. The maximum atomic E-state index is 10.7. The van der Waals surface area contributed by atoms with Gasteiger partial charge in [0.2, 0.25) is 0 Å². The van der Waals surface area contributed by atoms with Crippen molar-refractivity contribution >= 4 is 11.9 Å². The SMILES string of the molecule is CC(C)(CCOCCOCCC(C)(C)C(=O)[O-])C(=O)[O-]. The van der Waals surface area contributed by atoms with E-state index in [9.17, 15) is 19.8 Å². The minimum absolute atomic E-state index is 0.314. The summed E-state index contributed by atoms with van der Waals surface area (Å²) in [6, 6.07) is 0. The van der Waals surface area contributed by atoms with Crippen molar-refractivity contribution in [3.63, 3.8) is 0 Å². The molecule has 0 aromatic rings. The van der Waals surface area contributed by atoms with Crippen molar-refractivity contribution in [1.82, 2.24) is 0 Å². The van der Waals surface area contributed by atoms with Gasteiger partial charge in [0.1, 0.15) is 0 Å². The van der Waals surface area contributed by atoms with Crippen LogP contribution in [0.5, 0.6) is 0 Å². The van der Waals surface area contributed by atoms with Gasteiger partial charge in [0.05, 0.1) is 13.2 Å². The summed E-state index contributed by atoms with van der Waals surface area (Å²) in [4.78, 5) is 21.5. The zero-order chi connectivity index (χ0) is 15.8. The molecule has 0 aromatic heterocycles. The predicted molar refractivity (Wildman–Crippen MR) is 68.4 cm³/mol. The Kier molecular flexibility index (Phi) is 7.75. The molecule has 6 nitrogen and oxygen atoms in total. The van der Waals surface area contributed by atoms with Crippen LogP contribution in [0.25, 0.3) is 0 Å². The molecule has 0 aliphatic carbocycles. The molecule has 0 heterocycles. The molecule has 0 rings (SSSR count). The number of hydrogen-bond acceptors (Lipinski definition) is 6. The molecular formula is C14H24O6-2. The van der Waals surface area contributed by atoms with E-state index >= 15 is 0 Å². The van der Waals surface area contributed by atoms with Crippen LogP contribution in [-0.2, 0) is 19.1 Å². The van der Waals surface area contributed by atoms with E-state index in [1.807, 2.05) is 0 Å². The zero-order valence-electron chi connectivity index (χ0n) is 12.7. The summed E-state index contributed by atoms with van der Waals surface area (Å²) >= 11 is 0. The van der Waals surface area contributed by atoms with Gasteiger partial charge in [0.25, 0.3) is 0 Å². The molecule has 0 saturated heterocycles. The standard InChI is InChI=1S/C14H26O6/c1-13(2,11(15)16)5-7-19-9-10-20-8-6-14(3,4)12(17)18/h5-10H2,1-4H3,(H,15,16)(H,17,18)/p-2. The van der Waals surface area contributed by atoms with Crippen molar-refractivity contribution in [3.8, 4) is 0 Å². The molecule has 0 amide bonds. The Bertz CT molecular complexity index is 290. The third-order valence-corrected chi connectivity index (χ3v) is 3.22. The van der Waals surface area contributed by atoms with E-state index < -0.39 is 22.8 Å². The Morgan fingerprint density at radius 1 is 0.750 bits per heavy atom. The molecule has 0 aliphatic heterocycles. The molecule has 0 fully saturated rings. The molecule has 0 N–H and O–H groups in total. The Morgan fingerprint density at radius 3 is 1.30 bits per heavy atom. The van der Waals surface area contributed by atoms with Gasteiger partial charge < -0.3 is 29.3 Å². The van der Waals surface area contributed by atoms with E-state index in [1.54, 1.807) is 27.7 Å². The Morgan fingerprint density at radius 2 is 1.05 bits per heavy atom. The van der Waals surface area contributed by atoms with Crippen molar-refractivity contribution in [3.05, 3.63) is 0 Å². The number of aliphatic carboxylic acids is 2. The van der Waals surface area contributed by atoms with E-state index in [4.69, 9.17) is 9.47 Å².